The first-order valence-corrected chi connectivity index (χ1v) is 10.9. The highest BCUT2D eigenvalue weighted by molar-refractivity contribution is 5.86. The van der Waals surface area contributed by atoms with E-state index in [0.717, 1.165) is 68.4 Å². The molecule has 0 unspecified atom stereocenters. The van der Waals surface area contributed by atoms with Gasteiger partial charge in [-0.05, 0) is 31.4 Å². The number of nitrogens with one attached hydrogen (secondary N) is 1. The number of hydrogen-bond acceptors (Lipinski definition) is 7. The molecule has 158 valence electrons. The third-order valence-corrected chi connectivity index (χ3v) is 6.45. The van der Waals surface area contributed by atoms with Gasteiger partial charge in [0.25, 0.3) is 0 Å². The smallest absolute Gasteiger partial charge is 0.182 e. The number of morpholine rings is 1. The number of pyridine rings is 1. The topological polar surface area (TPSA) is 83.1 Å². The number of imidazole rings is 1. The average molecular weight is 416 g/mol. The van der Waals surface area contributed by atoms with Crippen molar-refractivity contribution in [2.45, 2.75) is 25.8 Å². The molecule has 8 nitrogen and oxygen atoms in total. The summed E-state index contributed by atoms with van der Waals surface area (Å²) in [5.74, 6) is 2.00. The summed E-state index contributed by atoms with van der Waals surface area (Å²) in [5.41, 5.74) is 5.15. The van der Waals surface area contributed by atoms with Crippen LogP contribution in [0.5, 0.6) is 0 Å². The van der Waals surface area contributed by atoms with Crippen molar-refractivity contribution in [2.24, 2.45) is 0 Å². The molecule has 4 aromatic rings. The number of rotatable bonds is 3. The van der Waals surface area contributed by atoms with E-state index in [0.29, 0.717) is 5.65 Å². The number of anilines is 2. The van der Waals surface area contributed by atoms with Crippen LogP contribution in [0.25, 0.3) is 22.1 Å². The standard InChI is InChI=1S/C23H25N7O/c1-15-4-2-5-16-12-17(22(28-19(15)16)29-8-10-31-11-9-29)18-6-3-7-30(18)23-20-21(25-13-24-20)26-14-27-23/h2,4-5,12-14,18H,3,6-11H2,1H3,(H,24,25,26,27)/t18-/m0/s1. The average Bonchev–Trinajstić information content (AvgIpc) is 3.49. The first kappa shape index (κ1) is 18.5. The van der Waals surface area contributed by atoms with E-state index < -0.39 is 0 Å². The van der Waals surface area contributed by atoms with Crippen molar-refractivity contribution >= 4 is 33.7 Å². The number of benzene rings is 1. The summed E-state index contributed by atoms with van der Waals surface area (Å²) in [7, 11) is 0. The second-order valence-corrected chi connectivity index (χ2v) is 8.30. The molecule has 0 bridgehead atoms. The minimum absolute atomic E-state index is 0.205. The highest BCUT2D eigenvalue weighted by Crippen LogP contribution is 2.41. The Bertz CT molecular complexity index is 1250. The van der Waals surface area contributed by atoms with E-state index in [1.807, 2.05) is 0 Å². The minimum atomic E-state index is 0.205. The van der Waals surface area contributed by atoms with E-state index in [4.69, 9.17) is 9.72 Å². The van der Waals surface area contributed by atoms with Gasteiger partial charge >= 0.3 is 0 Å². The van der Waals surface area contributed by atoms with Crippen molar-refractivity contribution < 1.29 is 4.74 Å². The molecule has 2 aliphatic rings. The predicted octanol–water partition coefficient (Wildman–Crippen LogP) is 3.39. The van der Waals surface area contributed by atoms with E-state index in [-0.39, 0.29) is 6.04 Å². The molecule has 0 amide bonds. The third kappa shape index (κ3) is 3.09. The number of fused-ring (bicyclic) bond motifs is 2. The molecular formula is C23H25N7O. The molecule has 0 aliphatic carbocycles. The molecule has 3 aromatic heterocycles. The second kappa shape index (κ2) is 7.46. The zero-order valence-corrected chi connectivity index (χ0v) is 17.6. The fraction of sp³-hybridized carbons (Fsp3) is 0.391. The van der Waals surface area contributed by atoms with E-state index in [9.17, 15) is 0 Å². The van der Waals surface area contributed by atoms with Gasteiger partial charge in [0.05, 0.1) is 31.1 Å². The van der Waals surface area contributed by atoms with Crippen LogP contribution in [0.1, 0.15) is 30.0 Å². The normalized spacial score (nSPS) is 19.6. The first-order chi connectivity index (χ1) is 15.3. The summed E-state index contributed by atoms with van der Waals surface area (Å²) in [6.45, 7) is 6.29. The number of aromatic nitrogens is 5. The second-order valence-electron chi connectivity index (χ2n) is 8.30. The van der Waals surface area contributed by atoms with Crippen LogP contribution in [0.15, 0.2) is 36.9 Å². The largest absolute Gasteiger partial charge is 0.378 e. The summed E-state index contributed by atoms with van der Waals surface area (Å²) >= 11 is 0. The summed E-state index contributed by atoms with van der Waals surface area (Å²) in [6.07, 6.45) is 5.47. The number of aryl methyl sites for hydroxylation is 1. The van der Waals surface area contributed by atoms with Crippen molar-refractivity contribution in [3.63, 3.8) is 0 Å². The SMILES string of the molecule is Cc1cccc2cc([C@@H]3CCCN3c3ncnc4nc[nH]c34)c(N3CCOCC3)nc12. The van der Waals surface area contributed by atoms with Crippen LogP contribution in [0.2, 0.25) is 0 Å². The zero-order chi connectivity index (χ0) is 20.8. The van der Waals surface area contributed by atoms with Gasteiger partial charge in [0.2, 0.25) is 0 Å². The van der Waals surface area contributed by atoms with Crippen LogP contribution < -0.4 is 9.80 Å². The number of para-hydroxylation sites is 1. The van der Waals surface area contributed by atoms with Crippen molar-refractivity contribution in [3.8, 4) is 0 Å². The Hall–Kier alpha value is -3.26. The molecule has 1 atom stereocenters. The molecule has 0 spiro atoms. The lowest BCUT2D eigenvalue weighted by Crippen LogP contribution is -2.38. The highest BCUT2D eigenvalue weighted by atomic mass is 16.5. The molecule has 1 N–H and O–H groups in total. The Morgan fingerprint density at radius 3 is 2.87 bits per heavy atom. The van der Waals surface area contributed by atoms with Crippen LogP contribution in [0.4, 0.5) is 11.6 Å². The lowest BCUT2D eigenvalue weighted by Gasteiger charge is -2.33. The molecule has 1 aromatic carbocycles. The zero-order valence-electron chi connectivity index (χ0n) is 17.6. The molecule has 2 saturated heterocycles. The van der Waals surface area contributed by atoms with Crippen LogP contribution >= 0.6 is 0 Å². The molecule has 8 heteroatoms. The molecule has 2 aliphatic heterocycles. The Kier molecular flexibility index (Phi) is 4.45. The van der Waals surface area contributed by atoms with Gasteiger partial charge in [-0.15, -0.1) is 0 Å². The van der Waals surface area contributed by atoms with Crippen LogP contribution in [0.3, 0.4) is 0 Å². The Morgan fingerprint density at radius 1 is 1.06 bits per heavy atom. The van der Waals surface area contributed by atoms with Gasteiger partial charge in [0, 0.05) is 30.6 Å². The van der Waals surface area contributed by atoms with E-state index in [1.165, 1.54) is 16.5 Å². The van der Waals surface area contributed by atoms with E-state index in [2.05, 4.69) is 60.9 Å². The maximum atomic E-state index is 5.62. The maximum absolute atomic E-state index is 5.62. The van der Waals surface area contributed by atoms with Crippen LogP contribution in [-0.4, -0.2) is 57.8 Å². The fourth-order valence-electron chi connectivity index (χ4n) is 4.94. The van der Waals surface area contributed by atoms with Gasteiger partial charge in [0.1, 0.15) is 17.7 Å². The highest BCUT2D eigenvalue weighted by Gasteiger charge is 2.33. The predicted molar refractivity (Wildman–Crippen MR) is 121 cm³/mol. The van der Waals surface area contributed by atoms with Crippen molar-refractivity contribution in [1.82, 2.24) is 24.9 Å². The Balaban J connectivity index is 1.51. The van der Waals surface area contributed by atoms with Gasteiger partial charge in [-0.2, -0.15) is 0 Å². The van der Waals surface area contributed by atoms with Gasteiger partial charge in [0.15, 0.2) is 11.5 Å². The molecular weight excluding hydrogens is 390 g/mol. The van der Waals surface area contributed by atoms with E-state index >= 15 is 0 Å². The lowest BCUT2D eigenvalue weighted by molar-refractivity contribution is 0.122. The molecule has 0 radical (unpaired) electrons. The Morgan fingerprint density at radius 2 is 1.97 bits per heavy atom. The monoisotopic (exact) mass is 415 g/mol. The fourth-order valence-corrected chi connectivity index (χ4v) is 4.94. The van der Waals surface area contributed by atoms with Gasteiger partial charge in [-0.1, -0.05) is 18.2 Å². The van der Waals surface area contributed by atoms with Gasteiger partial charge < -0.3 is 19.5 Å². The van der Waals surface area contributed by atoms with Gasteiger partial charge in [-0.3, -0.25) is 0 Å². The summed E-state index contributed by atoms with van der Waals surface area (Å²) in [6, 6.07) is 8.96. The van der Waals surface area contributed by atoms with E-state index in [1.54, 1.807) is 12.7 Å². The van der Waals surface area contributed by atoms with Crippen LogP contribution in [0, 0.1) is 6.92 Å². The number of H-pyrrole nitrogens is 1. The number of ether oxygens (including phenoxy) is 1. The van der Waals surface area contributed by atoms with Crippen LogP contribution in [-0.2, 0) is 4.74 Å². The van der Waals surface area contributed by atoms with Crippen molar-refractivity contribution in [2.75, 3.05) is 42.6 Å². The minimum Gasteiger partial charge on any atom is -0.378 e. The lowest BCUT2D eigenvalue weighted by atomic mass is 10.0. The quantitative estimate of drug-likeness (QED) is 0.549. The number of hydrogen-bond donors (Lipinski definition) is 1. The molecule has 2 fully saturated rings. The maximum Gasteiger partial charge on any atom is 0.182 e. The summed E-state index contributed by atoms with van der Waals surface area (Å²) in [4.78, 5) is 26.5. The third-order valence-electron chi connectivity index (χ3n) is 6.45. The number of aromatic amines is 1. The molecule has 0 saturated carbocycles. The summed E-state index contributed by atoms with van der Waals surface area (Å²) in [5, 5.41) is 1.19. The van der Waals surface area contributed by atoms with Crippen molar-refractivity contribution in [3.05, 3.63) is 48.0 Å². The summed E-state index contributed by atoms with van der Waals surface area (Å²) < 4.78 is 5.62. The van der Waals surface area contributed by atoms with Gasteiger partial charge in [-0.25, -0.2) is 19.9 Å². The Labute approximate surface area is 180 Å². The molecule has 31 heavy (non-hydrogen) atoms. The van der Waals surface area contributed by atoms with Crippen molar-refractivity contribution in [1.29, 1.82) is 0 Å². The first-order valence-electron chi connectivity index (χ1n) is 10.9. The molecule has 6 rings (SSSR count). The number of nitrogens with zero attached hydrogens (tertiary/aromatic N) is 6. The molecule has 5 heterocycles.